The monoisotopic (exact) mass is 233 g/mol. The fourth-order valence-electron chi connectivity index (χ4n) is 1.48. The van der Waals surface area contributed by atoms with Crippen LogP contribution in [0.25, 0.3) is 0 Å². The molecule has 0 unspecified atom stereocenters. The van der Waals surface area contributed by atoms with Crippen LogP contribution >= 0.6 is 0 Å². The van der Waals surface area contributed by atoms with Crippen LogP contribution in [0.5, 0.6) is 5.75 Å². The summed E-state index contributed by atoms with van der Waals surface area (Å²) < 4.78 is 16.0. The van der Waals surface area contributed by atoms with Crippen molar-refractivity contribution in [3.8, 4) is 11.8 Å². The first-order valence-electron chi connectivity index (χ1n) is 5.66. The number of nitriles is 1. The van der Waals surface area contributed by atoms with E-state index in [1.54, 1.807) is 0 Å². The first-order chi connectivity index (χ1) is 8.38. The minimum Gasteiger partial charge on any atom is -0.491 e. The van der Waals surface area contributed by atoms with Crippen molar-refractivity contribution in [3.05, 3.63) is 29.8 Å². The Labute approximate surface area is 101 Å². The highest BCUT2D eigenvalue weighted by atomic mass is 16.6. The smallest absolute Gasteiger partial charge is 0.119 e. The van der Waals surface area contributed by atoms with Gasteiger partial charge in [0.1, 0.15) is 18.5 Å². The Morgan fingerprint density at radius 3 is 2.59 bits per heavy atom. The highest BCUT2D eigenvalue weighted by Gasteiger charge is 2.18. The van der Waals surface area contributed by atoms with E-state index in [1.165, 1.54) is 0 Å². The molecule has 17 heavy (non-hydrogen) atoms. The molecule has 1 aromatic carbocycles. The highest BCUT2D eigenvalue weighted by Crippen LogP contribution is 2.12. The minimum atomic E-state index is 0.247. The highest BCUT2D eigenvalue weighted by molar-refractivity contribution is 5.28. The van der Waals surface area contributed by atoms with Crippen molar-refractivity contribution in [3.63, 3.8) is 0 Å². The van der Waals surface area contributed by atoms with Gasteiger partial charge in [0, 0.05) is 0 Å². The molecule has 90 valence electrons. The largest absolute Gasteiger partial charge is 0.491 e. The number of rotatable bonds is 6. The number of nitrogens with zero attached hydrogens (tertiary/aromatic N) is 1. The summed E-state index contributed by atoms with van der Waals surface area (Å²) in [5.41, 5.74) is 1.00. The third kappa shape index (κ3) is 3.74. The van der Waals surface area contributed by atoms with E-state index in [0.29, 0.717) is 32.8 Å². The molecule has 1 saturated heterocycles. The quantitative estimate of drug-likeness (QED) is 0.699. The van der Waals surface area contributed by atoms with Crippen LogP contribution in [0.15, 0.2) is 24.3 Å². The molecule has 0 saturated carbocycles. The van der Waals surface area contributed by atoms with Gasteiger partial charge < -0.3 is 14.2 Å². The summed E-state index contributed by atoms with van der Waals surface area (Å²) in [6.07, 6.45) is 0.682. The summed E-state index contributed by atoms with van der Waals surface area (Å²) >= 11 is 0. The Bertz CT molecular complexity index is 379. The Balaban J connectivity index is 1.66. The molecule has 4 nitrogen and oxygen atoms in total. The van der Waals surface area contributed by atoms with Crippen LogP contribution < -0.4 is 4.74 Å². The first-order valence-corrected chi connectivity index (χ1v) is 5.66. The summed E-state index contributed by atoms with van der Waals surface area (Å²) in [5, 5.41) is 8.54. The summed E-state index contributed by atoms with van der Waals surface area (Å²) in [6.45, 7) is 2.51. The lowest BCUT2D eigenvalue weighted by atomic mass is 10.2. The molecule has 0 amide bonds. The van der Waals surface area contributed by atoms with Gasteiger partial charge in [-0.1, -0.05) is 12.1 Å². The fourth-order valence-corrected chi connectivity index (χ4v) is 1.48. The van der Waals surface area contributed by atoms with E-state index >= 15 is 0 Å². The average molecular weight is 233 g/mol. The van der Waals surface area contributed by atoms with E-state index < -0.39 is 0 Å². The second kappa shape index (κ2) is 6.24. The van der Waals surface area contributed by atoms with Gasteiger partial charge >= 0.3 is 0 Å². The SMILES string of the molecule is N#CCc1ccc(OCCOC2COC2)cc1. The second-order valence-electron chi connectivity index (χ2n) is 3.86. The average Bonchev–Trinajstić information content (AvgIpc) is 2.29. The van der Waals surface area contributed by atoms with Gasteiger partial charge in [0.05, 0.1) is 32.3 Å². The van der Waals surface area contributed by atoms with Crippen LogP contribution in [-0.2, 0) is 15.9 Å². The lowest BCUT2D eigenvalue weighted by molar-refractivity contribution is -0.132. The molecular weight excluding hydrogens is 218 g/mol. The predicted molar refractivity (Wildman–Crippen MR) is 61.8 cm³/mol. The second-order valence-corrected chi connectivity index (χ2v) is 3.86. The fraction of sp³-hybridized carbons (Fsp3) is 0.462. The molecule has 1 aliphatic rings. The van der Waals surface area contributed by atoms with Crippen LogP contribution in [0.2, 0.25) is 0 Å². The molecule has 0 bridgehead atoms. The number of hydrogen-bond acceptors (Lipinski definition) is 4. The Morgan fingerprint density at radius 1 is 1.24 bits per heavy atom. The lowest BCUT2D eigenvalue weighted by Gasteiger charge is -2.25. The van der Waals surface area contributed by atoms with Crippen molar-refractivity contribution in [1.82, 2.24) is 0 Å². The van der Waals surface area contributed by atoms with Crippen molar-refractivity contribution >= 4 is 0 Å². The molecule has 0 aliphatic carbocycles. The molecule has 0 aromatic heterocycles. The molecule has 0 atom stereocenters. The van der Waals surface area contributed by atoms with Gasteiger partial charge in [-0.05, 0) is 17.7 Å². The Morgan fingerprint density at radius 2 is 2.00 bits per heavy atom. The van der Waals surface area contributed by atoms with Crippen LogP contribution in [0, 0.1) is 11.3 Å². The number of benzene rings is 1. The van der Waals surface area contributed by atoms with Gasteiger partial charge in [0.25, 0.3) is 0 Å². The van der Waals surface area contributed by atoms with E-state index in [9.17, 15) is 0 Å². The molecule has 1 aromatic rings. The summed E-state index contributed by atoms with van der Waals surface area (Å²) in [7, 11) is 0. The third-order valence-corrected chi connectivity index (χ3v) is 2.52. The van der Waals surface area contributed by atoms with Crippen molar-refractivity contribution in [2.75, 3.05) is 26.4 Å². The molecule has 1 fully saturated rings. The molecule has 0 spiro atoms. The van der Waals surface area contributed by atoms with Gasteiger partial charge in [-0.15, -0.1) is 0 Å². The zero-order chi connectivity index (χ0) is 11.9. The van der Waals surface area contributed by atoms with E-state index in [2.05, 4.69) is 6.07 Å². The van der Waals surface area contributed by atoms with E-state index in [0.717, 1.165) is 11.3 Å². The van der Waals surface area contributed by atoms with E-state index in [1.807, 2.05) is 24.3 Å². The molecule has 0 N–H and O–H groups in total. The zero-order valence-electron chi connectivity index (χ0n) is 9.59. The molecule has 2 rings (SSSR count). The van der Waals surface area contributed by atoms with Gasteiger partial charge in [-0.25, -0.2) is 0 Å². The van der Waals surface area contributed by atoms with Gasteiger partial charge in [-0.3, -0.25) is 0 Å². The molecule has 1 heterocycles. The maximum atomic E-state index is 8.54. The maximum absolute atomic E-state index is 8.54. The van der Waals surface area contributed by atoms with Crippen molar-refractivity contribution < 1.29 is 14.2 Å². The standard InChI is InChI=1S/C13H15NO3/c14-6-5-11-1-3-12(4-2-11)16-7-8-17-13-9-15-10-13/h1-4,13H,5,7-10H2. The van der Waals surface area contributed by atoms with Gasteiger partial charge in [0.2, 0.25) is 0 Å². The molecule has 1 aliphatic heterocycles. The normalized spacial score (nSPS) is 15.0. The Hall–Kier alpha value is -1.57. The number of hydrogen-bond donors (Lipinski definition) is 0. The van der Waals surface area contributed by atoms with Crippen LogP contribution in [-0.4, -0.2) is 32.5 Å². The predicted octanol–water partition coefficient (Wildman–Crippen LogP) is 1.55. The van der Waals surface area contributed by atoms with Crippen molar-refractivity contribution in [1.29, 1.82) is 5.26 Å². The molecule has 0 radical (unpaired) electrons. The summed E-state index contributed by atoms with van der Waals surface area (Å²) in [5.74, 6) is 0.806. The molecular formula is C13H15NO3. The van der Waals surface area contributed by atoms with E-state index in [4.69, 9.17) is 19.5 Å². The van der Waals surface area contributed by atoms with Crippen molar-refractivity contribution in [2.45, 2.75) is 12.5 Å². The molecule has 4 heteroatoms. The van der Waals surface area contributed by atoms with Crippen LogP contribution in [0.4, 0.5) is 0 Å². The first kappa shape index (κ1) is 11.9. The minimum absolute atomic E-state index is 0.247. The topological polar surface area (TPSA) is 51.5 Å². The number of ether oxygens (including phenoxy) is 3. The van der Waals surface area contributed by atoms with Crippen LogP contribution in [0.1, 0.15) is 5.56 Å². The van der Waals surface area contributed by atoms with E-state index in [-0.39, 0.29) is 6.10 Å². The lowest BCUT2D eigenvalue weighted by Crippen LogP contribution is -2.37. The summed E-state index contributed by atoms with van der Waals surface area (Å²) in [4.78, 5) is 0. The van der Waals surface area contributed by atoms with Crippen molar-refractivity contribution in [2.24, 2.45) is 0 Å². The summed E-state index contributed by atoms with van der Waals surface area (Å²) in [6, 6.07) is 9.66. The zero-order valence-corrected chi connectivity index (χ0v) is 9.59. The third-order valence-electron chi connectivity index (χ3n) is 2.52. The Kier molecular flexibility index (Phi) is 4.37. The van der Waals surface area contributed by atoms with Gasteiger partial charge in [0.15, 0.2) is 0 Å². The van der Waals surface area contributed by atoms with Gasteiger partial charge in [-0.2, -0.15) is 5.26 Å². The van der Waals surface area contributed by atoms with Crippen LogP contribution in [0.3, 0.4) is 0 Å². The maximum Gasteiger partial charge on any atom is 0.119 e.